The van der Waals surface area contributed by atoms with Gasteiger partial charge in [0.2, 0.25) is 0 Å². The average molecular weight is 238 g/mol. The van der Waals surface area contributed by atoms with Crippen LogP contribution in [0.4, 0.5) is 0 Å². The molecule has 0 aromatic carbocycles. The Morgan fingerprint density at radius 2 is 2.44 bits per heavy atom. The molecule has 1 aliphatic rings. The molecule has 0 amide bonds. The predicted octanol–water partition coefficient (Wildman–Crippen LogP) is 2.02. The van der Waals surface area contributed by atoms with E-state index in [9.17, 15) is 0 Å². The van der Waals surface area contributed by atoms with Crippen LogP contribution in [-0.4, -0.2) is 21.2 Å². The van der Waals surface area contributed by atoms with Gasteiger partial charge in [0.25, 0.3) is 0 Å². The first-order valence-electron chi connectivity index (χ1n) is 5.43. The molecule has 0 unspecified atom stereocenters. The molecule has 0 radical (unpaired) electrons. The Balaban J connectivity index is 2.32. The molecule has 0 saturated heterocycles. The van der Waals surface area contributed by atoms with Crippen molar-refractivity contribution >= 4 is 17.2 Å². The minimum atomic E-state index is 0.540. The zero-order chi connectivity index (χ0) is 11.1. The second-order valence-electron chi connectivity index (χ2n) is 3.89. The maximum absolute atomic E-state index is 6.31. The monoisotopic (exact) mass is 237 g/mol. The topological polar surface area (TPSA) is 39.4 Å². The van der Waals surface area contributed by atoms with Gasteiger partial charge in [-0.3, -0.25) is 0 Å². The third-order valence-corrected chi connectivity index (χ3v) is 3.34. The number of ether oxygens (including phenoxy) is 1. The number of halogens is 1. The molecule has 4 nitrogen and oxygen atoms in total. The summed E-state index contributed by atoms with van der Waals surface area (Å²) < 4.78 is 7.10. The van der Waals surface area contributed by atoms with E-state index in [1.165, 1.54) is 0 Å². The molecule has 0 fully saturated rings. The Labute approximate surface area is 98.2 Å². The van der Waals surface area contributed by atoms with Crippen LogP contribution in [0.2, 0.25) is 5.15 Å². The Morgan fingerprint density at radius 3 is 3.25 bits per heavy atom. The summed E-state index contributed by atoms with van der Waals surface area (Å²) in [5.41, 5.74) is 4.05. The smallest absolute Gasteiger partial charge is 0.160 e. The van der Waals surface area contributed by atoms with Crippen LogP contribution in [0.5, 0.6) is 0 Å². The van der Waals surface area contributed by atoms with Crippen molar-refractivity contribution < 1.29 is 4.74 Å². The number of rotatable bonds is 1. The van der Waals surface area contributed by atoms with Crippen molar-refractivity contribution in [2.24, 2.45) is 0 Å². The molecule has 0 N–H and O–H groups in total. The molecular formula is C11H12ClN3O. The molecule has 0 atom stereocenters. The van der Waals surface area contributed by atoms with E-state index in [-0.39, 0.29) is 0 Å². The van der Waals surface area contributed by atoms with Gasteiger partial charge in [-0.25, -0.2) is 9.50 Å². The maximum Gasteiger partial charge on any atom is 0.160 e. The Bertz CT molecular complexity index is 550. The van der Waals surface area contributed by atoms with Gasteiger partial charge in [-0.05, 0) is 6.42 Å². The van der Waals surface area contributed by atoms with Gasteiger partial charge in [-0.2, -0.15) is 5.10 Å². The molecule has 16 heavy (non-hydrogen) atoms. The van der Waals surface area contributed by atoms with Gasteiger partial charge in [0.1, 0.15) is 5.15 Å². The summed E-state index contributed by atoms with van der Waals surface area (Å²) in [5.74, 6) is 0. The lowest BCUT2D eigenvalue weighted by molar-refractivity contribution is 0.109. The highest BCUT2D eigenvalue weighted by Crippen LogP contribution is 2.25. The van der Waals surface area contributed by atoms with Crippen LogP contribution in [0.15, 0.2) is 6.20 Å². The van der Waals surface area contributed by atoms with E-state index >= 15 is 0 Å². The molecule has 5 heteroatoms. The first kappa shape index (κ1) is 10.1. The normalized spacial score (nSPS) is 15.4. The van der Waals surface area contributed by atoms with Crippen LogP contribution >= 0.6 is 11.6 Å². The third kappa shape index (κ3) is 1.33. The van der Waals surface area contributed by atoms with Crippen molar-refractivity contribution in [1.29, 1.82) is 0 Å². The van der Waals surface area contributed by atoms with Gasteiger partial charge in [0, 0.05) is 17.5 Å². The minimum absolute atomic E-state index is 0.540. The first-order chi connectivity index (χ1) is 7.81. The summed E-state index contributed by atoms with van der Waals surface area (Å²) in [4.78, 5) is 4.64. The van der Waals surface area contributed by atoms with Crippen molar-refractivity contribution in [2.75, 3.05) is 6.61 Å². The SMILES string of the molecule is CCc1cnn2c(Cl)c3c(nc12)CCOC3. The first-order valence-corrected chi connectivity index (χ1v) is 5.80. The predicted molar refractivity (Wildman–Crippen MR) is 60.7 cm³/mol. The highest BCUT2D eigenvalue weighted by Gasteiger charge is 2.19. The quantitative estimate of drug-likeness (QED) is 0.713. The van der Waals surface area contributed by atoms with Gasteiger partial charge in [-0.15, -0.1) is 0 Å². The summed E-state index contributed by atoms with van der Waals surface area (Å²) in [6, 6.07) is 0. The van der Waals surface area contributed by atoms with Crippen LogP contribution in [0.25, 0.3) is 5.65 Å². The largest absolute Gasteiger partial charge is 0.376 e. The lowest BCUT2D eigenvalue weighted by Gasteiger charge is -2.17. The second-order valence-corrected chi connectivity index (χ2v) is 4.25. The van der Waals surface area contributed by atoms with Crippen molar-refractivity contribution in [3.8, 4) is 0 Å². The average Bonchev–Trinajstić information content (AvgIpc) is 2.72. The number of hydrogen-bond donors (Lipinski definition) is 0. The summed E-state index contributed by atoms with van der Waals surface area (Å²) in [6.07, 6.45) is 3.59. The lowest BCUT2D eigenvalue weighted by Crippen LogP contribution is -2.15. The fraction of sp³-hybridized carbons (Fsp3) is 0.455. The second kappa shape index (κ2) is 3.71. The standard InChI is InChI=1S/C11H12ClN3O/c1-2-7-5-13-15-10(12)8-6-16-4-3-9(8)14-11(7)15/h5H,2-4,6H2,1H3. The van der Waals surface area contributed by atoms with E-state index in [0.717, 1.165) is 41.9 Å². The van der Waals surface area contributed by atoms with E-state index in [2.05, 4.69) is 17.0 Å². The van der Waals surface area contributed by atoms with E-state index in [1.807, 2.05) is 6.20 Å². The number of nitrogens with zero attached hydrogens (tertiary/aromatic N) is 3. The summed E-state index contributed by atoms with van der Waals surface area (Å²) >= 11 is 6.31. The molecule has 2 aromatic rings. The summed E-state index contributed by atoms with van der Waals surface area (Å²) in [7, 11) is 0. The van der Waals surface area contributed by atoms with Crippen molar-refractivity contribution in [3.05, 3.63) is 28.2 Å². The highest BCUT2D eigenvalue weighted by molar-refractivity contribution is 6.30. The Hall–Kier alpha value is -1.13. The maximum atomic E-state index is 6.31. The molecule has 2 aromatic heterocycles. The number of fused-ring (bicyclic) bond motifs is 2. The molecular weight excluding hydrogens is 226 g/mol. The molecule has 1 aliphatic heterocycles. The van der Waals surface area contributed by atoms with Gasteiger partial charge in [0.05, 0.1) is 25.1 Å². The summed E-state index contributed by atoms with van der Waals surface area (Å²) in [6.45, 7) is 3.36. The Morgan fingerprint density at radius 1 is 1.56 bits per heavy atom. The third-order valence-electron chi connectivity index (χ3n) is 2.95. The molecule has 0 spiro atoms. The van der Waals surface area contributed by atoms with Crippen LogP contribution in [0.3, 0.4) is 0 Å². The minimum Gasteiger partial charge on any atom is -0.376 e. The van der Waals surface area contributed by atoms with Gasteiger partial charge in [-0.1, -0.05) is 18.5 Å². The van der Waals surface area contributed by atoms with Gasteiger partial charge < -0.3 is 4.74 Å². The zero-order valence-electron chi connectivity index (χ0n) is 9.03. The molecule has 84 valence electrons. The number of aryl methyl sites for hydroxylation is 1. The van der Waals surface area contributed by atoms with Crippen LogP contribution in [0, 0.1) is 0 Å². The van der Waals surface area contributed by atoms with Crippen molar-refractivity contribution in [3.63, 3.8) is 0 Å². The van der Waals surface area contributed by atoms with Crippen LogP contribution in [-0.2, 0) is 24.2 Å². The molecule has 0 aliphatic carbocycles. The van der Waals surface area contributed by atoms with E-state index < -0.39 is 0 Å². The summed E-state index contributed by atoms with van der Waals surface area (Å²) in [5, 5.41) is 4.90. The highest BCUT2D eigenvalue weighted by atomic mass is 35.5. The Kier molecular flexibility index (Phi) is 2.33. The zero-order valence-corrected chi connectivity index (χ0v) is 9.79. The fourth-order valence-electron chi connectivity index (χ4n) is 2.02. The van der Waals surface area contributed by atoms with E-state index in [1.54, 1.807) is 4.52 Å². The van der Waals surface area contributed by atoms with Gasteiger partial charge >= 0.3 is 0 Å². The molecule has 3 heterocycles. The van der Waals surface area contributed by atoms with Crippen molar-refractivity contribution in [2.45, 2.75) is 26.4 Å². The van der Waals surface area contributed by atoms with Crippen molar-refractivity contribution in [1.82, 2.24) is 14.6 Å². The lowest BCUT2D eigenvalue weighted by atomic mass is 10.1. The van der Waals surface area contributed by atoms with Crippen LogP contribution < -0.4 is 0 Å². The van der Waals surface area contributed by atoms with E-state index in [4.69, 9.17) is 16.3 Å². The van der Waals surface area contributed by atoms with E-state index in [0.29, 0.717) is 11.8 Å². The molecule has 0 bridgehead atoms. The van der Waals surface area contributed by atoms with Crippen LogP contribution in [0.1, 0.15) is 23.7 Å². The molecule has 0 saturated carbocycles. The number of aromatic nitrogens is 3. The fourth-order valence-corrected chi connectivity index (χ4v) is 2.31. The number of hydrogen-bond acceptors (Lipinski definition) is 3. The molecule has 3 rings (SSSR count). The van der Waals surface area contributed by atoms with Gasteiger partial charge in [0.15, 0.2) is 5.65 Å².